The number of amides is 1. The highest BCUT2D eigenvalue weighted by molar-refractivity contribution is 6.31. The van der Waals surface area contributed by atoms with Crippen molar-refractivity contribution in [1.82, 2.24) is 14.5 Å². The second kappa shape index (κ2) is 9.75. The highest BCUT2D eigenvalue weighted by atomic mass is 35.5. The topological polar surface area (TPSA) is 55.2 Å². The molecule has 1 aliphatic carbocycles. The minimum atomic E-state index is -0.262. The summed E-state index contributed by atoms with van der Waals surface area (Å²) in [5, 5.41) is 1.10. The monoisotopic (exact) mass is 417 g/mol. The lowest BCUT2D eigenvalue weighted by molar-refractivity contribution is -0.139. The molecule has 1 fully saturated rings. The first-order chi connectivity index (χ1) is 13.9. The Morgan fingerprint density at radius 3 is 2.69 bits per heavy atom. The van der Waals surface area contributed by atoms with Gasteiger partial charge in [-0.15, -0.1) is 0 Å². The Bertz CT molecular complexity index is 918. The van der Waals surface area contributed by atoms with E-state index in [4.69, 9.17) is 16.6 Å². The van der Waals surface area contributed by atoms with Gasteiger partial charge in [0, 0.05) is 24.5 Å². The predicted octanol–water partition coefficient (Wildman–Crippen LogP) is 5.25. The third-order valence-corrected chi connectivity index (χ3v) is 6.39. The van der Waals surface area contributed by atoms with Crippen LogP contribution in [0, 0.1) is 5.92 Å². The molecule has 0 spiro atoms. The number of benzene rings is 1. The molecule has 158 valence electrons. The van der Waals surface area contributed by atoms with Crippen molar-refractivity contribution in [2.45, 2.75) is 71.3 Å². The van der Waals surface area contributed by atoms with Crippen molar-refractivity contribution in [2.24, 2.45) is 13.0 Å². The zero-order valence-electron chi connectivity index (χ0n) is 17.8. The van der Waals surface area contributed by atoms with Gasteiger partial charge in [-0.25, -0.2) is 4.98 Å². The van der Waals surface area contributed by atoms with Gasteiger partial charge < -0.3 is 4.90 Å². The lowest BCUT2D eigenvalue weighted by Gasteiger charge is -2.34. The molecule has 1 unspecified atom stereocenters. The molecule has 0 aliphatic heterocycles. The molecule has 3 rings (SSSR count). The molecule has 1 atom stereocenters. The Labute approximate surface area is 178 Å². The number of fused-ring (bicyclic) bond motifs is 1. The Kier molecular flexibility index (Phi) is 7.33. The van der Waals surface area contributed by atoms with Gasteiger partial charge in [0.1, 0.15) is 5.82 Å². The van der Waals surface area contributed by atoms with Crippen LogP contribution in [-0.2, 0) is 11.8 Å². The number of hydrogen-bond acceptors (Lipinski definition) is 3. The number of carbonyl (C=O) groups is 1. The second-order valence-electron chi connectivity index (χ2n) is 8.25. The Hall–Kier alpha value is -1.88. The van der Waals surface area contributed by atoms with Crippen LogP contribution in [0.25, 0.3) is 10.9 Å². The van der Waals surface area contributed by atoms with Gasteiger partial charge in [-0.05, 0) is 44.4 Å². The average molecular weight is 418 g/mol. The van der Waals surface area contributed by atoms with E-state index < -0.39 is 0 Å². The molecule has 1 heterocycles. The summed E-state index contributed by atoms with van der Waals surface area (Å²) in [6, 6.07) is 4.88. The summed E-state index contributed by atoms with van der Waals surface area (Å²) in [5.41, 5.74) is 0.480. The van der Waals surface area contributed by atoms with Crippen LogP contribution >= 0.6 is 11.6 Å². The van der Waals surface area contributed by atoms with Crippen molar-refractivity contribution in [3.05, 3.63) is 39.4 Å². The first kappa shape index (κ1) is 21.8. The normalized spacial score (nSPS) is 16.1. The van der Waals surface area contributed by atoms with Gasteiger partial charge >= 0.3 is 0 Å². The van der Waals surface area contributed by atoms with E-state index in [-0.39, 0.29) is 23.4 Å². The molecule has 1 aromatic heterocycles. The van der Waals surface area contributed by atoms with E-state index >= 15 is 0 Å². The van der Waals surface area contributed by atoms with Gasteiger partial charge in [0.05, 0.1) is 16.9 Å². The molecule has 0 saturated heterocycles. The molecule has 0 N–H and O–H groups in total. The summed E-state index contributed by atoms with van der Waals surface area (Å²) in [6.45, 7) is 4.85. The van der Waals surface area contributed by atoms with Gasteiger partial charge in [0.2, 0.25) is 5.91 Å². The fourth-order valence-electron chi connectivity index (χ4n) is 4.39. The van der Waals surface area contributed by atoms with Gasteiger partial charge in [-0.2, -0.15) is 0 Å². The zero-order valence-corrected chi connectivity index (χ0v) is 18.5. The van der Waals surface area contributed by atoms with E-state index in [1.54, 1.807) is 29.8 Å². The van der Waals surface area contributed by atoms with Crippen LogP contribution in [0.2, 0.25) is 5.02 Å². The average Bonchev–Trinajstić information content (AvgIpc) is 2.73. The van der Waals surface area contributed by atoms with E-state index in [1.165, 1.54) is 6.42 Å². The number of unbranched alkanes of at least 4 members (excludes halogenated alkanes) is 2. The molecule has 5 nitrogen and oxygen atoms in total. The Balaban J connectivity index is 1.97. The molecule has 0 bridgehead atoms. The quantitative estimate of drug-likeness (QED) is 0.578. The Morgan fingerprint density at radius 1 is 1.28 bits per heavy atom. The van der Waals surface area contributed by atoms with Crippen LogP contribution in [0.15, 0.2) is 23.0 Å². The van der Waals surface area contributed by atoms with Crippen LogP contribution in [0.1, 0.15) is 77.1 Å². The highest BCUT2D eigenvalue weighted by Gasteiger charge is 2.31. The summed E-state index contributed by atoms with van der Waals surface area (Å²) < 4.78 is 1.59. The summed E-state index contributed by atoms with van der Waals surface area (Å²) in [7, 11) is 1.74. The molecule has 6 heteroatoms. The van der Waals surface area contributed by atoms with Crippen molar-refractivity contribution >= 4 is 28.4 Å². The minimum Gasteiger partial charge on any atom is -0.333 e. The number of rotatable bonds is 7. The molecule has 2 aromatic rings. The lowest BCUT2D eigenvalue weighted by atomic mass is 9.88. The first-order valence-corrected chi connectivity index (χ1v) is 11.3. The molecular weight excluding hydrogens is 386 g/mol. The summed E-state index contributed by atoms with van der Waals surface area (Å²) in [5.74, 6) is 0.930. The van der Waals surface area contributed by atoms with Crippen molar-refractivity contribution in [2.75, 3.05) is 6.54 Å². The maximum atomic E-state index is 13.4. The van der Waals surface area contributed by atoms with Crippen LogP contribution in [0.3, 0.4) is 0 Å². The first-order valence-electron chi connectivity index (χ1n) is 10.9. The largest absolute Gasteiger partial charge is 0.333 e. The van der Waals surface area contributed by atoms with Crippen LogP contribution in [0.4, 0.5) is 0 Å². The van der Waals surface area contributed by atoms with Crippen molar-refractivity contribution in [3.8, 4) is 0 Å². The molecule has 29 heavy (non-hydrogen) atoms. The smallest absolute Gasteiger partial charge is 0.261 e. The lowest BCUT2D eigenvalue weighted by Crippen LogP contribution is -2.41. The third kappa shape index (κ3) is 4.82. The highest BCUT2D eigenvalue weighted by Crippen LogP contribution is 2.29. The van der Waals surface area contributed by atoms with E-state index in [2.05, 4.69) is 6.92 Å². The molecule has 1 amide bonds. The number of carbonyl (C=O) groups excluding carboxylic acids is 1. The van der Waals surface area contributed by atoms with Crippen LogP contribution in [0.5, 0.6) is 0 Å². The number of nitrogens with zero attached hydrogens (tertiary/aromatic N) is 3. The molecule has 1 aliphatic rings. The van der Waals surface area contributed by atoms with Gasteiger partial charge in [0.15, 0.2) is 0 Å². The maximum absolute atomic E-state index is 13.4. The maximum Gasteiger partial charge on any atom is 0.261 e. The van der Waals surface area contributed by atoms with Crippen molar-refractivity contribution in [1.29, 1.82) is 0 Å². The summed E-state index contributed by atoms with van der Waals surface area (Å²) in [6.07, 6.45) is 8.55. The van der Waals surface area contributed by atoms with Crippen molar-refractivity contribution in [3.63, 3.8) is 0 Å². The SMILES string of the molecule is CCCCCN(C(=O)C1CCCCC1)C(C)c1nc2cc(Cl)ccc2c(=O)n1C. The van der Waals surface area contributed by atoms with E-state index in [1.807, 2.05) is 11.8 Å². The zero-order chi connectivity index (χ0) is 21.0. The van der Waals surface area contributed by atoms with E-state index in [9.17, 15) is 9.59 Å². The minimum absolute atomic E-state index is 0.0970. The van der Waals surface area contributed by atoms with Crippen molar-refractivity contribution < 1.29 is 4.79 Å². The standard InChI is InChI=1S/C23H32ClN3O2/c1-4-5-9-14-27(22(28)17-10-7-6-8-11-17)16(2)21-25-20-15-18(24)12-13-19(20)23(29)26(21)3/h12-13,15-17H,4-11,14H2,1-3H3. The fourth-order valence-corrected chi connectivity index (χ4v) is 4.55. The Morgan fingerprint density at radius 2 is 2.00 bits per heavy atom. The van der Waals surface area contributed by atoms with E-state index in [0.29, 0.717) is 28.3 Å². The number of halogens is 1. The second-order valence-corrected chi connectivity index (χ2v) is 8.68. The number of aromatic nitrogens is 2. The van der Waals surface area contributed by atoms with Gasteiger partial charge in [-0.1, -0.05) is 50.6 Å². The molecule has 0 radical (unpaired) electrons. The predicted molar refractivity (Wildman–Crippen MR) is 118 cm³/mol. The fraction of sp³-hybridized carbons (Fsp3) is 0.609. The van der Waals surface area contributed by atoms with Gasteiger partial charge in [-0.3, -0.25) is 14.2 Å². The van der Waals surface area contributed by atoms with Gasteiger partial charge in [0.25, 0.3) is 5.56 Å². The summed E-state index contributed by atoms with van der Waals surface area (Å²) >= 11 is 6.13. The molecular formula is C23H32ClN3O2. The molecule has 1 saturated carbocycles. The summed E-state index contributed by atoms with van der Waals surface area (Å²) in [4.78, 5) is 33.0. The number of hydrogen-bond donors (Lipinski definition) is 0. The third-order valence-electron chi connectivity index (χ3n) is 6.15. The van der Waals surface area contributed by atoms with Crippen LogP contribution in [-0.4, -0.2) is 26.9 Å². The van der Waals surface area contributed by atoms with Crippen LogP contribution < -0.4 is 5.56 Å². The molecule has 1 aromatic carbocycles. The van der Waals surface area contributed by atoms with E-state index in [0.717, 1.165) is 44.9 Å².